The molecule has 1 aromatic rings. The second-order valence-electron chi connectivity index (χ2n) is 4.62. The highest BCUT2D eigenvalue weighted by Crippen LogP contribution is 2.20. The lowest BCUT2D eigenvalue weighted by Gasteiger charge is -2.24. The molecular weight excluding hydrogens is 234 g/mol. The minimum absolute atomic E-state index is 0.507. The van der Waals surface area contributed by atoms with Crippen molar-refractivity contribution in [3.8, 4) is 0 Å². The molecule has 0 radical (unpaired) electrons. The van der Waals surface area contributed by atoms with Crippen LogP contribution < -0.4 is 0 Å². The van der Waals surface area contributed by atoms with Crippen molar-refractivity contribution in [3.05, 3.63) is 21.9 Å². The Bertz CT molecular complexity index is 367. The molecule has 2 rings (SSSR count). The third-order valence-electron chi connectivity index (χ3n) is 3.28. The lowest BCUT2D eigenvalue weighted by molar-refractivity contribution is 0.0700. The van der Waals surface area contributed by atoms with Crippen LogP contribution in [0.3, 0.4) is 0 Å². The fraction of sp³-hybridized carbons (Fsp3) is 0.615. The zero-order chi connectivity index (χ0) is 12.1. The smallest absolute Gasteiger partial charge is 0.346 e. The van der Waals surface area contributed by atoms with Gasteiger partial charge in [-0.15, -0.1) is 11.3 Å². The Morgan fingerprint density at radius 1 is 1.24 bits per heavy atom. The van der Waals surface area contributed by atoms with Crippen LogP contribution in [0.4, 0.5) is 0 Å². The Balaban J connectivity index is 1.98. The Hall–Kier alpha value is -0.870. The normalized spacial score (nSPS) is 18.6. The Morgan fingerprint density at radius 3 is 2.53 bits per heavy atom. The number of nitrogens with zero attached hydrogens (tertiary/aromatic N) is 1. The summed E-state index contributed by atoms with van der Waals surface area (Å²) in [4.78, 5) is 13.9. The van der Waals surface area contributed by atoms with Gasteiger partial charge < -0.3 is 5.11 Å². The molecule has 3 nitrogen and oxygen atoms in total. The van der Waals surface area contributed by atoms with Gasteiger partial charge in [-0.25, -0.2) is 4.79 Å². The molecule has 1 saturated heterocycles. The fourth-order valence-electron chi connectivity index (χ4n) is 2.36. The number of aromatic carboxylic acids is 1. The molecule has 0 aromatic carbocycles. The van der Waals surface area contributed by atoms with E-state index in [0.29, 0.717) is 4.88 Å². The molecule has 0 spiro atoms. The quantitative estimate of drug-likeness (QED) is 0.899. The first-order valence-corrected chi connectivity index (χ1v) is 7.17. The molecule has 94 valence electrons. The lowest BCUT2D eigenvalue weighted by Crippen LogP contribution is -2.27. The van der Waals surface area contributed by atoms with Crippen LogP contribution in [0.1, 0.15) is 47.3 Å². The van der Waals surface area contributed by atoms with E-state index in [2.05, 4.69) is 4.90 Å². The summed E-state index contributed by atoms with van der Waals surface area (Å²) in [5.74, 6) is -0.790. The Kier molecular flexibility index (Phi) is 4.57. The lowest BCUT2D eigenvalue weighted by atomic mass is 10.1. The Morgan fingerprint density at radius 2 is 1.88 bits per heavy atom. The molecule has 0 atom stereocenters. The molecular formula is C13H19NO2S. The molecule has 0 aliphatic carbocycles. The van der Waals surface area contributed by atoms with E-state index >= 15 is 0 Å². The van der Waals surface area contributed by atoms with E-state index in [9.17, 15) is 4.79 Å². The van der Waals surface area contributed by atoms with Gasteiger partial charge in [0, 0.05) is 6.54 Å². The summed E-state index contributed by atoms with van der Waals surface area (Å²) in [6, 6.07) is 1.95. The number of hydrogen-bond donors (Lipinski definition) is 1. The highest BCUT2D eigenvalue weighted by Gasteiger charge is 2.15. The summed E-state index contributed by atoms with van der Waals surface area (Å²) in [6.45, 7) is 3.01. The van der Waals surface area contributed by atoms with Crippen molar-refractivity contribution in [2.75, 3.05) is 13.1 Å². The van der Waals surface area contributed by atoms with Gasteiger partial charge in [-0.1, -0.05) is 19.3 Å². The molecule has 1 aromatic heterocycles. The van der Waals surface area contributed by atoms with Crippen molar-refractivity contribution in [3.63, 3.8) is 0 Å². The number of carboxylic acids is 1. The van der Waals surface area contributed by atoms with E-state index in [1.54, 1.807) is 0 Å². The van der Waals surface area contributed by atoms with Crippen molar-refractivity contribution in [1.82, 2.24) is 4.90 Å². The monoisotopic (exact) mass is 253 g/mol. The topological polar surface area (TPSA) is 40.5 Å². The summed E-state index contributed by atoms with van der Waals surface area (Å²) in [5.41, 5.74) is 0.975. The molecule has 1 aliphatic rings. The van der Waals surface area contributed by atoms with E-state index in [1.807, 2.05) is 11.4 Å². The van der Waals surface area contributed by atoms with Crippen LogP contribution in [0.15, 0.2) is 11.4 Å². The summed E-state index contributed by atoms with van der Waals surface area (Å²) in [7, 11) is 0. The highest BCUT2D eigenvalue weighted by molar-refractivity contribution is 7.12. The van der Waals surface area contributed by atoms with Gasteiger partial charge in [0.05, 0.1) is 0 Å². The van der Waals surface area contributed by atoms with Crippen LogP contribution in [0.2, 0.25) is 0 Å². The SMILES string of the molecule is O=C(O)c1sccc1CN1CCCCCCC1. The Labute approximate surface area is 106 Å². The van der Waals surface area contributed by atoms with E-state index in [0.717, 1.165) is 25.2 Å². The van der Waals surface area contributed by atoms with Crippen LogP contribution >= 0.6 is 11.3 Å². The summed E-state index contributed by atoms with van der Waals surface area (Å²) in [5, 5.41) is 11.0. The largest absolute Gasteiger partial charge is 0.477 e. The van der Waals surface area contributed by atoms with Crippen molar-refractivity contribution in [2.45, 2.75) is 38.6 Å². The molecule has 0 unspecified atom stereocenters. The number of rotatable bonds is 3. The van der Waals surface area contributed by atoms with Crippen LogP contribution in [-0.2, 0) is 6.54 Å². The predicted molar refractivity (Wildman–Crippen MR) is 69.6 cm³/mol. The number of likely N-dealkylation sites (tertiary alicyclic amines) is 1. The van der Waals surface area contributed by atoms with Gasteiger partial charge in [-0.3, -0.25) is 4.90 Å². The average Bonchev–Trinajstić information content (AvgIpc) is 2.70. The number of hydrogen-bond acceptors (Lipinski definition) is 3. The van der Waals surface area contributed by atoms with Crippen molar-refractivity contribution in [1.29, 1.82) is 0 Å². The average molecular weight is 253 g/mol. The van der Waals surface area contributed by atoms with Gasteiger partial charge in [0.25, 0.3) is 0 Å². The highest BCUT2D eigenvalue weighted by atomic mass is 32.1. The maximum Gasteiger partial charge on any atom is 0.346 e. The fourth-order valence-corrected chi connectivity index (χ4v) is 3.11. The van der Waals surface area contributed by atoms with E-state index < -0.39 is 5.97 Å². The number of thiophene rings is 1. The molecule has 0 saturated carbocycles. The van der Waals surface area contributed by atoms with Crippen LogP contribution in [0, 0.1) is 0 Å². The summed E-state index contributed by atoms with van der Waals surface area (Å²) in [6.07, 6.45) is 6.46. The summed E-state index contributed by atoms with van der Waals surface area (Å²) >= 11 is 1.33. The standard InChI is InChI=1S/C13H19NO2S/c15-13(16)12-11(6-9-17-12)10-14-7-4-2-1-3-5-8-14/h6,9H,1-5,7-8,10H2,(H,15,16). The molecule has 2 heterocycles. The zero-order valence-corrected chi connectivity index (χ0v) is 10.8. The summed E-state index contributed by atoms with van der Waals surface area (Å²) < 4.78 is 0. The molecule has 0 bridgehead atoms. The van der Waals surface area contributed by atoms with E-state index in [4.69, 9.17) is 5.11 Å². The molecule has 1 N–H and O–H groups in total. The van der Waals surface area contributed by atoms with Crippen LogP contribution in [-0.4, -0.2) is 29.1 Å². The van der Waals surface area contributed by atoms with Gasteiger partial charge in [-0.2, -0.15) is 0 Å². The molecule has 1 aliphatic heterocycles. The van der Waals surface area contributed by atoms with Gasteiger partial charge in [-0.05, 0) is 42.9 Å². The van der Waals surface area contributed by atoms with E-state index in [1.165, 1.54) is 43.4 Å². The third kappa shape index (κ3) is 3.54. The van der Waals surface area contributed by atoms with Crippen LogP contribution in [0.5, 0.6) is 0 Å². The van der Waals surface area contributed by atoms with Crippen molar-refractivity contribution >= 4 is 17.3 Å². The van der Waals surface area contributed by atoms with Gasteiger partial charge in [0.2, 0.25) is 0 Å². The number of carboxylic acid groups (broad SMARTS) is 1. The molecule has 1 fully saturated rings. The molecule has 0 amide bonds. The first-order chi connectivity index (χ1) is 8.27. The zero-order valence-electron chi connectivity index (χ0n) is 10.0. The maximum atomic E-state index is 11.0. The second-order valence-corrected chi connectivity index (χ2v) is 5.54. The minimum Gasteiger partial charge on any atom is -0.477 e. The first-order valence-electron chi connectivity index (χ1n) is 6.29. The first kappa shape index (κ1) is 12.6. The van der Waals surface area contributed by atoms with Gasteiger partial charge in [0.1, 0.15) is 4.88 Å². The third-order valence-corrected chi connectivity index (χ3v) is 4.23. The van der Waals surface area contributed by atoms with Gasteiger partial charge >= 0.3 is 5.97 Å². The van der Waals surface area contributed by atoms with Crippen molar-refractivity contribution in [2.24, 2.45) is 0 Å². The maximum absolute atomic E-state index is 11.0. The molecule has 17 heavy (non-hydrogen) atoms. The van der Waals surface area contributed by atoms with E-state index in [-0.39, 0.29) is 0 Å². The van der Waals surface area contributed by atoms with Crippen LogP contribution in [0.25, 0.3) is 0 Å². The second kappa shape index (κ2) is 6.17. The minimum atomic E-state index is -0.790. The van der Waals surface area contributed by atoms with Gasteiger partial charge in [0.15, 0.2) is 0 Å². The molecule has 4 heteroatoms. The number of carbonyl (C=O) groups is 1. The van der Waals surface area contributed by atoms with Crippen molar-refractivity contribution < 1.29 is 9.90 Å². The predicted octanol–water partition coefficient (Wildman–Crippen LogP) is 3.21.